The van der Waals surface area contributed by atoms with Gasteiger partial charge in [-0.2, -0.15) is 5.10 Å². The number of para-hydroxylation sites is 1. The minimum absolute atomic E-state index is 0.605. The van der Waals surface area contributed by atoms with Gasteiger partial charge in [-0.3, -0.25) is 0 Å². The smallest absolute Gasteiger partial charge is 0.191 e. The van der Waals surface area contributed by atoms with Gasteiger partial charge in [0.05, 0.1) is 17.9 Å². The summed E-state index contributed by atoms with van der Waals surface area (Å²) in [6.45, 7) is 12.7. The molecule has 1 heterocycles. The van der Waals surface area contributed by atoms with Crippen LogP contribution in [-0.2, 0) is 6.54 Å². The maximum Gasteiger partial charge on any atom is 0.191 e. The SMILES string of the molecule is CCNC(=NCc1ccccc1-n1nc(C)cc1C)NCCN(C)CC. The molecule has 0 amide bonds. The highest BCUT2D eigenvalue weighted by molar-refractivity contribution is 5.79. The Balaban J connectivity index is 2.13. The molecule has 6 nitrogen and oxygen atoms in total. The highest BCUT2D eigenvalue weighted by Gasteiger charge is 2.08. The molecule has 0 unspecified atom stereocenters. The Kier molecular flexibility index (Phi) is 7.66. The van der Waals surface area contributed by atoms with Gasteiger partial charge >= 0.3 is 0 Å². The van der Waals surface area contributed by atoms with E-state index in [2.05, 4.69) is 72.7 Å². The monoisotopic (exact) mass is 356 g/mol. The summed E-state index contributed by atoms with van der Waals surface area (Å²) < 4.78 is 2.00. The van der Waals surface area contributed by atoms with Crippen LogP contribution in [0.15, 0.2) is 35.3 Å². The quantitative estimate of drug-likeness (QED) is 0.564. The Bertz CT molecular complexity index is 719. The van der Waals surface area contributed by atoms with E-state index in [0.29, 0.717) is 6.54 Å². The lowest BCUT2D eigenvalue weighted by atomic mass is 10.2. The maximum atomic E-state index is 4.76. The van der Waals surface area contributed by atoms with Gasteiger partial charge in [0.25, 0.3) is 0 Å². The molecule has 0 bridgehead atoms. The number of guanidine groups is 1. The molecule has 26 heavy (non-hydrogen) atoms. The summed E-state index contributed by atoms with van der Waals surface area (Å²) in [6, 6.07) is 10.4. The number of nitrogens with zero attached hydrogens (tertiary/aromatic N) is 4. The van der Waals surface area contributed by atoms with Gasteiger partial charge in [0.15, 0.2) is 5.96 Å². The predicted octanol–water partition coefficient (Wildman–Crippen LogP) is 2.50. The van der Waals surface area contributed by atoms with Crippen molar-refractivity contribution in [1.29, 1.82) is 0 Å². The molecule has 0 fully saturated rings. The molecule has 2 rings (SSSR count). The molecule has 142 valence electrons. The fourth-order valence-corrected chi connectivity index (χ4v) is 2.75. The van der Waals surface area contributed by atoms with Crippen molar-refractivity contribution >= 4 is 5.96 Å². The molecule has 0 saturated heterocycles. The fraction of sp³-hybridized carbons (Fsp3) is 0.500. The van der Waals surface area contributed by atoms with E-state index in [-0.39, 0.29) is 0 Å². The number of nitrogens with one attached hydrogen (secondary N) is 2. The Hall–Kier alpha value is -2.34. The van der Waals surface area contributed by atoms with Crippen molar-refractivity contribution in [3.8, 4) is 5.69 Å². The summed E-state index contributed by atoms with van der Waals surface area (Å²) in [6.07, 6.45) is 0. The van der Waals surface area contributed by atoms with Gasteiger partial charge in [-0.25, -0.2) is 9.67 Å². The van der Waals surface area contributed by atoms with E-state index in [1.54, 1.807) is 0 Å². The summed E-state index contributed by atoms with van der Waals surface area (Å²) >= 11 is 0. The van der Waals surface area contributed by atoms with Crippen LogP contribution in [0.1, 0.15) is 30.8 Å². The van der Waals surface area contributed by atoms with E-state index in [0.717, 1.165) is 54.8 Å². The van der Waals surface area contributed by atoms with E-state index in [1.165, 1.54) is 0 Å². The Morgan fingerprint density at radius 2 is 1.96 bits per heavy atom. The summed E-state index contributed by atoms with van der Waals surface area (Å²) in [5.74, 6) is 0.847. The first-order valence-electron chi connectivity index (χ1n) is 9.37. The van der Waals surface area contributed by atoms with Gasteiger partial charge in [0.2, 0.25) is 0 Å². The third-order valence-corrected chi connectivity index (χ3v) is 4.31. The van der Waals surface area contributed by atoms with Gasteiger partial charge in [0.1, 0.15) is 0 Å². The van der Waals surface area contributed by atoms with Gasteiger partial charge < -0.3 is 15.5 Å². The maximum absolute atomic E-state index is 4.76. The van der Waals surface area contributed by atoms with Crippen LogP contribution in [0.5, 0.6) is 0 Å². The predicted molar refractivity (Wildman–Crippen MR) is 109 cm³/mol. The number of rotatable bonds is 8. The molecule has 0 aliphatic rings. The molecule has 0 aliphatic heterocycles. The average molecular weight is 357 g/mol. The van der Waals surface area contributed by atoms with Crippen LogP contribution in [0.25, 0.3) is 5.69 Å². The van der Waals surface area contributed by atoms with Crippen LogP contribution in [0, 0.1) is 13.8 Å². The van der Waals surface area contributed by atoms with Crippen molar-refractivity contribution in [2.24, 2.45) is 4.99 Å². The minimum Gasteiger partial charge on any atom is -0.357 e. The lowest BCUT2D eigenvalue weighted by Crippen LogP contribution is -2.40. The van der Waals surface area contributed by atoms with Gasteiger partial charge in [-0.15, -0.1) is 0 Å². The molecular weight excluding hydrogens is 324 g/mol. The number of hydrogen-bond donors (Lipinski definition) is 2. The summed E-state index contributed by atoms with van der Waals surface area (Å²) in [7, 11) is 2.12. The normalized spacial score (nSPS) is 11.8. The van der Waals surface area contributed by atoms with Crippen LogP contribution in [0.3, 0.4) is 0 Å². The molecule has 0 spiro atoms. The van der Waals surface area contributed by atoms with Crippen molar-refractivity contribution < 1.29 is 0 Å². The summed E-state index contributed by atoms with van der Waals surface area (Å²) in [5.41, 5.74) is 4.40. The first-order valence-corrected chi connectivity index (χ1v) is 9.37. The molecule has 0 radical (unpaired) electrons. The van der Waals surface area contributed by atoms with Crippen LogP contribution < -0.4 is 10.6 Å². The molecule has 0 aliphatic carbocycles. The number of aliphatic imine (C=N–C) groups is 1. The van der Waals surface area contributed by atoms with E-state index < -0.39 is 0 Å². The van der Waals surface area contributed by atoms with Crippen molar-refractivity contribution in [1.82, 2.24) is 25.3 Å². The zero-order valence-corrected chi connectivity index (χ0v) is 16.7. The third kappa shape index (κ3) is 5.59. The topological polar surface area (TPSA) is 57.5 Å². The molecular formula is C20H32N6. The molecule has 2 N–H and O–H groups in total. The van der Waals surface area contributed by atoms with Crippen molar-refractivity contribution in [3.63, 3.8) is 0 Å². The molecule has 0 saturated carbocycles. The zero-order chi connectivity index (χ0) is 18.9. The Morgan fingerprint density at radius 1 is 1.19 bits per heavy atom. The minimum atomic E-state index is 0.605. The number of aryl methyl sites for hydroxylation is 2. The Morgan fingerprint density at radius 3 is 2.62 bits per heavy atom. The molecule has 1 aromatic heterocycles. The van der Waals surface area contributed by atoms with Gasteiger partial charge in [0, 0.05) is 25.3 Å². The molecule has 6 heteroatoms. The fourth-order valence-electron chi connectivity index (χ4n) is 2.75. The number of aromatic nitrogens is 2. The van der Waals surface area contributed by atoms with Gasteiger partial charge in [-0.1, -0.05) is 25.1 Å². The Labute approximate surface area is 157 Å². The zero-order valence-electron chi connectivity index (χ0n) is 16.7. The van der Waals surface area contributed by atoms with Crippen LogP contribution in [0.4, 0.5) is 0 Å². The van der Waals surface area contributed by atoms with Crippen LogP contribution in [-0.4, -0.2) is 53.9 Å². The molecule has 0 atom stereocenters. The number of benzene rings is 1. The lowest BCUT2D eigenvalue weighted by molar-refractivity contribution is 0.357. The van der Waals surface area contributed by atoms with Gasteiger partial charge in [-0.05, 0) is 52.1 Å². The van der Waals surface area contributed by atoms with E-state index in [9.17, 15) is 0 Å². The first-order chi connectivity index (χ1) is 12.5. The lowest BCUT2D eigenvalue weighted by Gasteiger charge is -2.16. The van der Waals surface area contributed by atoms with Crippen molar-refractivity contribution in [2.45, 2.75) is 34.2 Å². The van der Waals surface area contributed by atoms with Crippen LogP contribution >= 0.6 is 0 Å². The molecule has 2 aromatic rings. The van der Waals surface area contributed by atoms with Crippen LogP contribution in [0.2, 0.25) is 0 Å². The third-order valence-electron chi connectivity index (χ3n) is 4.31. The average Bonchev–Trinajstić information content (AvgIpc) is 2.97. The second kappa shape index (κ2) is 9.97. The second-order valence-electron chi connectivity index (χ2n) is 6.49. The van der Waals surface area contributed by atoms with E-state index in [4.69, 9.17) is 4.99 Å². The standard InChI is InChI=1S/C20H32N6/c1-6-21-20(22-12-13-25(5)7-2)23-15-18-10-8-9-11-19(18)26-17(4)14-16(3)24-26/h8-11,14H,6-7,12-13,15H2,1-5H3,(H2,21,22,23). The number of hydrogen-bond acceptors (Lipinski definition) is 3. The van der Waals surface area contributed by atoms with Crippen molar-refractivity contribution in [2.75, 3.05) is 33.2 Å². The summed E-state index contributed by atoms with van der Waals surface area (Å²) in [4.78, 5) is 7.04. The molecule has 1 aromatic carbocycles. The first kappa shape index (κ1) is 20.0. The highest BCUT2D eigenvalue weighted by Crippen LogP contribution is 2.17. The number of likely N-dealkylation sites (N-methyl/N-ethyl adjacent to an activating group) is 1. The second-order valence-corrected chi connectivity index (χ2v) is 6.49. The van der Waals surface area contributed by atoms with E-state index in [1.807, 2.05) is 17.7 Å². The highest BCUT2D eigenvalue weighted by atomic mass is 15.3. The van der Waals surface area contributed by atoms with E-state index >= 15 is 0 Å². The largest absolute Gasteiger partial charge is 0.357 e. The van der Waals surface area contributed by atoms with Crippen molar-refractivity contribution in [3.05, 3.63) is 47.3 Å². The summed E-state index contributed by atoms with van der Waals surface area (Å²) in [5, 5.41) is 11.3.